The van der Waals surface area contributed by atoms with Gasteiger partial charge in [-0.3, -0.25) is 4.99 Å². The van der Waals surface area contributed by atoms with Gasteiger partial charge in [0, 0.05) is 19.7 Å². The second-order valence-electron chi connectivity index (χ2n) is 5.04. The van der Waals surface area contributed by atoms with E-state index in [1.165, 1.54) is 0 Å². The highest BCUT2D eigenvalue weighted by molar-refractivity contribution is 5.95. The first-order valence-electron chi connectivity index (χ1n) is 6.63. The number of hydrogen-bond acceptors (Lipinski definition) is 3. The molecule has 0 amide bonds. The summed E-state index contributed by atoms with van der Waals surface area (Å²) < 4.78 is 14.5. The number of hydrogen-bond donors (Lipinski definition) is 2. The van der Waals surface area contributed by atoms with Gasteiger partial charge >= 0.3 is 0 Å². The SMILES string of the molecule is CN=C1C=C(C(F)C2CCCC2)NC2=CCNN21. The Balaban J connectivity index is 1.83. The van der Waals surface area contributed by atoms with Gasteiger partial charge in [-0.2, -0.15) is 0 Å². The monoisotopic (exact) mass is 250 g/mol. The average molecular weight is 250 g/mol. The average Bonchev–Trinajstić information content (AvgIpc) is 3.07. The summed E-state index contributed by atoms with van der Waals surface area (Å²) in [5.41, 5.74) is 3.83. The fourth-order valence-corrected chi connectivity index (χ4v) is 2.93. The second kappa shape index (κ2) is 4.72. The fraction of sp³-hybridized carbons (Fsp3) is 0.615. The second-order valence-corrected chi connectivity index (χ2v) is 5.04. The minimum atomic E-state index is -0.895. The Morgan fingerprint density at radius 1 is 1.44 bits per heavy atom. The summed E-state index contributed by atoms with van der Waals surface area (Å²) in [7, 11) is 1.73. The van der Waals surface area contributed by atoms with Crippen molar-refractivity contribution < 1.29 is 4.39 Å². The molecule has 2 N–H and O–H groups in total. The number of rotatable bonds is 2. The smallest absolute Gasteiger partial charge is 0.145 e. The molecule has 3 rings (SSSR count). The molecule has 0 radical (unpaired) electrons. The highest BCUT2D eigenvalue weighted by Gasteiger charge is 2.33. The standard InChI is InChI=1S/C13H19FN4/c1-15-12-8-10(13(14)9-4-2-3-5-9)17-11-6-7-16-18(11)12/h6,8-9,13,16-17H,2-5,7H2,1H3. The molecule has 3 aliphatic rings. The van der Waals surface area contributed by atoms with E-state index < -0.39 is 6.17 Å². The van der Waals surface area contributed by atoms with Crippen LogP contribution in [-0.2, 0) is 0 Å². The van der Waals surface area contributed by atoms with Gasteiger partial charge < -0.3 is 5.32 Å². The molecule has 1 fully saturated rings. The molecule has 5 heteroatoms. The Bertz CT molecular complexity index is 421. The normalized spacial score (nSPS) is 27.9. The van der Waals surface area contributed by atoms with Crippen LogP contribution in [0, 0.1) is 5.92 Å². The molecule has 0 bridgehead atoms. The Hall–Kier alpha value is -1.36. The highest BCUT2D eigenvalue weighted by atomic mass is 19.1. The molecule has 18 heavy (non-hydrogen) atoms. The van der Waals surface area contributed by atoms with Crippen molar-refractivity contribution in [2.24, 2.45) is 10.9 Å². The van der Waals surface area contributed by atoms with Crippen LogP contribution in [0.4, 0.5) is 4.39 Å². The number of fused-ring (bicyclic) bond motifs is 1. The zero-order valence-corrected chi connectivity index (χ0v) is 10.6. The van der Waals surface area contributed by atoms with Gasteiger partial charge in [0.25, 0.3) is 0 Å². The minimum absolute atomic E-state index is 0.170. The minimum Gasteiger partial charge on any atom is -0.342 e. The Morgan fingerprint density at radius 2 is 2.22 bits per heavy atom. The number of nitrogens with zero attached hydrogens (tertiary/aromatic N) is 2. The molecule has 0 aromatic rings. The van der Waals surface area contributed by atoms with Crippen molar-refractivity contribution in [3.8, 4) is 0 Å². The quantitative estimate of drug-likeness (QED) is 0.783. The Morgan fingerprint density at radius 3 is 2.94 bits per heavy atom. The van der Waals surface area contributed by atoms with Gasteiger partial charge in [-0.25, -0.2) is 14.8 Å². The van der Waals surface area contributed by atoms with Gasteiger partial charge in [0.05, 0.1) is 5.70 Å². The van der Waals surface area contributed by atoms with E-state index in [2.05, 4.69) is 15.7 Å². The lowest BCUT2D eigenvalue weighted by atomic mass is 9.98. The van der Waals surface area contributed by atoms with Crippen LogP contribution >= 0.6 is 0 Å². The van der Waals surface area contributed by atoms with E-state index in [0.717, 1.165) is 43.9 Å². The number of amidine groups is 1. The van der Waals surface area contributed by atoms with E-state index in [4.69, 9.17) is 0 Å². The first-order chi connectivity index (χ1) is 8.79. The molecule has 1 unspecified atom stereocenters. The van der Waals surface area contributed by atoms with Crippen LogP contribution in [0.25, 0.3) is 0 Å². The lowest BCUT2D eigenvalue weighted by Gasteiger charge is -2.31. The van der Waals surface area contributed by atoms with Crippen molar-refractivity contribution in [3.63, 3.8) is 0 Å². The summed E-state index contributed by atoms with van der Waals surface area (Å²) >= 11 is 0. The van der Waals surface area contributed by atoms with Crippen molar-refractivity contribution in [2.75, 3.05) is 13.6 Å². The van der Waals surface area contributed by atoms with Gasteiger partial charge in [-0.1, -0.05) is 12.8 Å². The third-order valence-electron chi connectivity index (χ3n) is 3.91. The molecule has 2 heterocycles. The molecule has 1 atom stereocenters. The number of aliphatic imine (C=N–C) groups is 1. The van der Waals surface area contributed by atoms with Crippen LogP contribution in [0.15, 0.2) is 28.7 Å². The van der Waals surface area contributed by atoms with Gasteiger partial charge in [-0.15, -0.1) is 0 Å². The molecule has 0 saturated heterocycles. The van der Waals surface area contributed by atoms with Crippen molar-refractivity contribution in [3.05, 3.63) is 23.7 Å². The summed E-state index contributed by atoms with van der Waals surface area (Å²) in [5.74, 6) is 1.84. The lowest BCUT2D eigenvalue weighted by Crippen LogP contribution is -2.46. The van der Waals surface area contributed by atoms with Gasteiger partial charge in [0.2, 0.25) is 0 Å². The lowest BCUT2D eigenvalue weighted by molar-refractivity contribution is 0.254. The predicted molar refractivity (Wildman–Crippen MR) is 69.4 cm³/mol. The van der Waals surface area contributed by atoms with E-state index in [9.17, 15) is 4.39 Å². The van der Waals surface area contributed by atoms with Crippen molar-refractivity contribution in [1.82, 2.24) is 15.8 Å². The maximum atomic E-state index is 14.5. The van der Waals surface area contributed by atoms with E-state index in [0.29, 0.717) is 5.70 Å². The third kappa shape index (κ3) is 1.92. The first-order valence-corrected chi connectivity index (χ1v) is 6.63. The van der Waals surface area contributed by atoms with Crippen LogP contribution in [0.2, 0.25) is 0 Å². The molecular formula is C13H19FN4. The zero-order chi connectivity index (χ0) is 12.5. The van der Waals surface area contributed by atoms with Crippen molar-refractivity contribution in [1.29, 1.82) is 0 Å². The van der Waals surface area contributed by atoms with Crippen LogP contribution < -0.4 is 10.7 Å². The number of halogens is 1. The highest BCUT2D eigenvalue weighted by Crippen LogP contribution is 2.33. The summed E-state index contributed by atoms with van der Waals surface area (Å²) in [4.78, 5) is 4.21. The van der Waals surface area contributed by atoms with Crippen molar-refractivity contribution in [2.45, 2.75) is 31.9 Å². The summed E-state index contributed by atoms with van der Waals surface area (Å²) in [6.07, 6.45) is 7.25. The number of hydrazine groups is 1. The van der Waals surface area contributed by atoms with E-state index in [1.54, 1.807) is 7.05 Å². The Kier molecular flexibility index (Phi) is 3.07. The maximum Gasteiger partial charge on any atom is 0.145 e. The largest absolute Gasteiger partial charge is 0.342 e. The molecule has 2 aliphatic heterocycles. The molecule has 1 saturated carbocycles. The predicted octanol–water partition coefficient (Wildman–Crippen LogP) is 1.69. The Labute approximate surface area is 107 Å². The topological polar surface area (TPSA) is 39.7 Å². The van der Waals surface area contributed by atoms with E-state index in [-0.39, 0.29) is 5.92 Å². The molecule has 0 aromatic heterocycles. The zero-order valence-electron chi connectivity index (χ0n) is 10.6. The summed E-state index contributed by atoms with van der Waals surface area (Å²) in [6.45, 7) is 0.753. The summed E-state index contributed by atoms with van der Waals surface area (Å²) in [5, 5.41) is 5.05. The van der Waals surface area contributed by atoms with E-state index in [1.807, 2.05) is 17.2 Å². The van der Waals surface area contributed by atoms with Crippen LogP contribution in [-0.4, -0.2) is 30.6 Å². The molecular weight excluding hydrogens is 231 g/mol. The van der Waals surface area contributed by atoms with E-state index >= 15 is 0 Å². The maximum absolute atomic E-state index is 14.5. The van der Waals surface area contributed by atoms with Crippen LogP contribution in [0.1, 0.15) is 25.7 Å². The molecule has 0 spiro atoms. The summed E-state index contributed by atoms with van der Waals surface area (Å²) in [6, 6.07) is 0. The third-order valence-corrected chi connectivity index (χ3v) is 3.91. The van der Waals surface area contributed by atoms with Crippen molar-refractivity contribution >= 4 is 5.84 Å². The first kappa shape index (κ1) is 11.7. The molecule has 0 aromatic carbocycles. The van der Waals surface area contributed by atoms with Gasteiger partial charge in [0.1, 0.15) is 17.8 Å². The number of nitrogens with one attached hydrogen (secondary N) is 2. The number of allylic oxidation sites excluding steroid dienone is 1. The van der Waals surface area contributed by atoms with Gasteiger partial charge in [0.15, 0.2) is 0 Å². The van der Waals surface area contributed by atoms with Crippen LogP contribution in [0.5, 0.6) is 0 Å². The van der Waals surface area contributed by atoms with Gasteiger partial charge in [-0.05, 0) is 24.8 Å². The van der Waals surface area contributed by atoms with Crippen LogP contribution in [0.3, 0.4) is 0 Å². The molecule has 98 valence electrons. The number of alkyl halides is 1. The molecule has 1 aliphatic carbocycles. The fourth-order valence-electron chi connectivity index (χ4n) is 2.93. The molecule has 4 nitrogen and oxygen atoms in total.